The van der Waals surface area contributed by atoms with Gasteiger partial charge in [0, 0.05) is 28.8 Å². The highest BCUT2D eigenvalue weighted by atomic mass is 35.5. The summed E-state index contributed by atoms with van der Waals surface area (Å²) in [6.07, 6.45) is 2.90. The molecule has 0 aliphatic rings. The summed E-state index contributed by atoms with van der Waals surface area (Å²) < 4.78 is 0. The quantitative estimate of drug-likeness (QED) is 0.266. The third-order valence-corrected chi connectivity index (χ3v) is 4.30. The first-order valence-electron chi connectivity index (χ1n) is 8.57. The molecule has 0 spiro atoms. The maximum Gasteiger partial charge on any atom is 0.270 e. The Morgan fingerprint density at radius 1 is 0.966 bits per heavy atom. The van der Waals surface area contributed by atoms with E-state index in [9.17, 15) is 19.7 Å². The van der Waals surface area contributed by atoms with Crippen molar-refractivity contribution in [2.24, 2.45) is 0 Å². The molecule has 3 aromatic carbocycles. The van der Waals surface area contributed by atoms with E-state index in [0.29, 0.717) is 10.6 Å². The molecule has 1 N–H and O–H groups in total. The molecule has 0 aliphatic carbocycles. The average Bonchev–Trinajstić information content (AvgIpc) is 2.73. The van der Waals surface area contributed by atoms with Gasteiger partial charge in [-0.25, -0.2) is 0 Å². The van der Waals surface area contributed by atoms with Crippen molar-refractivity contribution in [2.45, 2.75) is 0 Å². The molecule has 0 saturated carbocycles. The van der Waals surface area contributed by atoms with Gasteiger partial charge in [0.1, 0.15) is 0 Å². The standard InChI is InChI=1S/C22H15ClN2O4/c23-17-9-6-15(7-10-17)8-13-21(26)24-20-12-11-18(25(28)29)14-19(20)22(27)16-4-2-1-3-5-16/h1-14H,(H,24,26)/b13-8+. The molecule has 0 saturated heterocycles. The second-order valence-corrected chi connectivity index (χ2v) is 6.49. The molecule has 144 valence electrons. The maximum absolute atomic E-state index is 12.8. The van der Waals surface area contributed by atoms with Crippen LogP contribution in [0.3, 0.4) is 0 Å². The lowest BCUT2D eigenvalue weighted by molar-refractivity contribution is -0.384. The first-order valence-corrected chi connectivity index (χ1v) is 8.94. The van der Waals surface area contributed by atoms with Gasteiger partial charge in [0.15, 0.2) is 5.78 Å². The van der Waals surface area contributed by atoms with Crippen LogP contribution in [0.4, 0.5) is 11.4 Å². The van der Waals surface area contributed by atoms with Crippen LogP contribution in [0.15, 0.2) is 78.9 Å². The molecule has 0 heterocycles. The molecule has 0 bridgehead atoms. The van der Waals surface area contributed by atoms with E-state index in [4.69, 9.17) is 11.6 Å². The number of non-ortho nitro benzene ring substituents is 1. The number of carbonyl (C=O) groups excluding carboxylic acids is 2. The normalized spacial score (nSPS) is 10.7. The molecule has 29 heavy (non-hydrogen) atoms. The van der Waals surface area contributed by atoms with Crippen LogP contribution >= 0.6 is 11.6 Å². The third kappa shape index (κ3) is 5.15. The predicted molar refractivity (Wildman–Crippen MR) is 112 cm³/mol. The number of rotatable bonds is 6. The third-order valence-electron chi connectivity index (χ3n) is 4.05. The first kappa shape index (κ1) is 20.0. The lowest BCUT2D eigenvalue weighted by atomic mass is 10.0. The molecule has 0 aromatic heterocycles. The minimum atomic E-state index is -0.589. The fourth-order valence-corrected chi connectivity index (χ4v) is 2.73. The SMILES string of the molecule is O=C(/C=C/c1ccc(Cl)cc1)Nc1ccc([N+](=O)[O-])cc1C(=O)c1ccccc1. The number of benzene rings is 3. The molecule has 7 heteroatoms. The Kier molecular flexibility index (Phi) is 6.16. The van der Waals surface area contributed by atoms with Crippen LogP contribution in [0.2, 0.25) is 5.02 Å². The fraction of sp³-hybridized carbons (Fsp3) is 0. The highest BCUT2D eigenvalue weighted by Gasteiger charge is 2.19. The number of nitro benzene ring substituents is 1. The number of anilines is 1. The summed E-state index contributed by atoms with van der Waals surface area (Å²) in [4.78, 5) is 35.7. The number of nitrogens with zero attached hydrogens (tertiary/aromatic N) is 1. The molecule has 0 radical (unpaired) electrons. The van der Waals surface area contributed by atoms with Crippen molar-refractivity contribution in [1.29, 1.82) is 0 Å². The number of halogens is 1. The van der Waals surface area contributed by atoms with Gasteiger partial charge in [0.05, 0.1) is 16.2 Å². The van der Waals surface area contributed by atoms with Gasteiger partial charge in [-0.1, -0.05) is 54.1 Å². The maximum atomic E-state index is 12.8. The second-order valence-electron chi connectivity index (χ2n) is 6.06. The van der Waals surface area contributed by atoms with Gasteiger partial charge in [-0.05, 0) is 29.8 Å². The number of ketones is 1. The van der Waals surface area contributed by atoms with Crippen molar-refractivity contribution in [3.8, 4) is 0 Å². The molecule has 3 rings (SSSR count). The number of nitrogens with one attached hydrogen (secondary N) is 1. The van der Waals surface area contributed by atoms with Crippen LogP contribution in [0.25, 0.3) is 6.08 Å². The summed E-state index contributed by atoms with van der Waals surface area (Å²) in [7, 11) is 0. The highest BCUT2D eigenvalue weighted by Crippen LogP contribution is 2.25. The van der Waals surface area contributed by atoms with Gasteiger partial charge >= 0.3 is 0 Å². The van der Waals surface area contributed by atoms with Crippen molar-refractivity contribution < 1.29 is 14.5 Å². The molecule has 6 nitrogen and oxygen atoms in total. The molecule has 3 aromatic rings. The van der Waals surface area contributed by atoms with Gasteiger partial charge in [0.2, 0.25) is 5.91 Å². The van der Waals surface area contributed by atoms with E-state index >= 15 is 0 Å². The summed E-state index contributed by atoms with van der Waals surface area (Å²) in [5.41, 5.74) is 1.13. The fourth-order valence-electron chi connectivity index (χ4n) is 2.61. The summed E-state index contributed by atoms with van der Waals surface area (Å²) in [6.45, 7) is 0. The minimum Gasteiger partial charge on any atom is -0.322 e. The molecule has 0 unspecified atom stereocenters. The lowest BCUT2D eigenvalue weighted by Gasteiger charge is -2.09. The number of hydrogen-bond donors (Lipinski definition) is 1. The number of hydrogen-bond acceptors (Lipinski definition) is 4. The monoisotopic (exact) mass is 406 g/mol. The number of amides is 1. The van der Waals surface area contributed by atoms with Crippen LogP contribution in [0, 0.1) is 10.1 Å². The van der Waals surface area contributed by atoms with E-state index in [1.54, 1.807) is 60.7 Å². The predicted octanol–water partition coefficient (Wildman–Crippen LogP) is 5.13. The largest absolute Gasteiger partial charge is 0.322 e. The Labute approximate surface area is 171 Å². The van der Waals surface area contributed by atoms with Crippen LogP contribution in [0.5, 0.6) is 0 Å². The molecule has 1 amide bonds. The van der Waals surface area contributed by atoms with Crippen molar-refractivity contribution >= 4 is 40.7 Å². The lowest BCUT2D eigenvalue weighted by Crippen LogP contribution is -2.13. The van der Waals surface area contributed by atoms with Gasteiger partial charge < -0.3 is 5.32 Å². The van der Waals surface area contributed by atoms with Crippen molar-refractivity contribution in [1.82, 2.24) is 0 Å². The van der Waals surface area contributed by atoms with E-state index in [2.05, 4.69) is 5.32 Å². The van der Waals surface area contributed by atoms with E-state index in [1.165, 1.54) is 18.2 Å². The van der Waals surface area contributed by atoms with Gasteiger partial charge in [-0.3, -0.25) is 19.7 Å². The first-order chi connectivity index (χ1) is 13.9. The Balaban J connectivity index is 1.87. The minimum absolute atomic E-state index is 0.0404. The Morgan fingerprint density at radius 2 is 1.66 bits per heavy atom. The van der Waals surface area contributed by atoms with E-state index in [0.717, 1.165) is 11.6 Å². The highest BCUT2D eigenvalue weighted by molar-refractivity contribution is 6.30. The van der Waals surface area contributed by atoms with Gasteiger partial charge in [0.25, 0.3) is 5.69 Å². The molecule has 0 aliphatic heterocycles. The zero-order valence-electron chi connectivity index (χ0n) is 15.0. The van der Waals surface area contributed by atoms with Crippen LogP contribution in [-0.2, 0) is 4.79 Å². The molecule has 0 fully saturated rings. The van der Waals surface area contributed by atoms with Crippen molar-refractivity contribution in [3.63, 3.8) is 0 Å². The van der Waals surface area contributed by atoms with Gasteiger partial charge in [-0.15, -0.1) is 0 Å². The van der Waals surface area contributed by atoms with E-state index in [1.807, 2.05) is 0 Å². The summed E-state index contributed by atoms with van der Waals surface area (Å²) in [5, 5.41) is 14.3. The molecular formula is C22H15ClN2O4. The molecular weight excluding hydrogens is 392 g/mol. The Bertz CT molecular complexity index is 1090. The van der Waals surface area contributed by atoms with E-state index in [-0.39, 0.29) is 16.9 Å². The smallest absolute Gasteiger partial charge is 0.270 e. The summed E-state index contributed by atoms with van der Waals surface area (Å²) in [5.74, 6) is -0.901. The van der Waals surface area contributed by atoms with Gasteiger partial charge in [-0.2, -0.15) is 0 Å². The zero-order chi connectivity index (χ0) is 20.8. The van der Waals surface area contributed by atoms with Crippen molar-refractivity contribution in [3.05, 3.63) is 111 Å². The van der Waals surface area contributed by atoms with E-state index < -0.39 is 16.6 Å². The molecule has 0 atom stereocenters. The summed E-state index contributed by atoms with van der Waals surface area (Å²) >= 11 is 5.83. The van der Waals surface area contributed by atoms with Crippen molar-refractivity contribution in [2.75, 3.05) is 5.32 Å². The number of nitro groups is 1. The van der Waals surface area contributed by atoms with Crippen LogP contribution in [0.1, 0.15) is 21.5 Å². The Hall–Kier alpha value is -3.77. The number of carbonyl (C=O) groups is 2. The zero-order valence-corrected chi connectivity index (χ0v) is 15.8. The topological polar surface area (TPSA) is 89.3 Å². The second kappa shape index (κ2) is 8.95. The van der Waals surface area contributed by atoms with Crippen LogP contribution < -0.4 is 5.32 Å². The summed E-state index contributed by atoms with van der Waals surface area (Å²) in [6, 6.07) is 19.0. The average molecular weight is 407 g/mol. The Morgan fingerprint density at radius 3 is 2.31 bits per heavy atom. The van der Waals surface area contributed by atoms with Crippen LogP contribution in [-0.4, -0.2) is 16.6 Å².